The normalized spacial score (nSPS) is 24.8. The molecule has 0 bridgehead atoms. The molecule has 1 N–H and O–H groups in total. The van der Waals surface area contributed by atoms with Gasteiger partial charge < -0.3 is 9.64 Å². The highest BCUT2D eigenvalue weighted by Gasteiger charge is 2.62. The highest BCUT2D eigenvalue weighted by molar-refractivity contribution is 7.87. The summed E-state index contributed by atoms with van der Waals surface area (Å²) >= 11 is 0. The zero-order valence-electron chi connectivity index (χ0n) is 20.0. The first-order chi connectivity index (χ1) is 17.0. The lowest BCUT2D eigenvalue weighted by Crippen LogP contribution is -2.54. The molecule has 1 unspecified atom stereocenters. The van der Waals surface area contributed by atoms with E-state index in [2.05, 4.69) is 4.72 Å². The fourth-order valence-electron chi connectivity index (χ4n) is 5.21. The summed E-state index contributed by atoms with van der Waals surface area (Å²) < 4.78 is 78.9. The second-order valence-corrected chi connectivity index (χ2v) is 12.0. The number of benzene rings is 2. The smallest absolute Gasteiger partial charge is 0.279 e. The summed E-state index contributed by atoms with van der Waals surface area (Å²) in [5, 5.41) is 0. The molecule has 1 amide bonds. The fourth-order valence-corrected chi connectivity index (χ4v) is 6.15. The van der Waals surface area contributed by atoms with Crippen LogP contribution in [0.1, 0.15) is 24.8 Å². The minimum absolute atomic E-state index is 0.0154. The second kappa shape index (κ2) is 9.13. The Balaban J connectivity index is 1.54. The maximum absolute atomic E-state index is 15.7. The van der Waals surface area contributed by atoms with E-state index in [4.69, 9.17) is 4.74 Å². The third-order valence-corrected chi connectivity index (χ3v) is 9.03. The van der Waals surface area contributed by atoms with Gasteiger partial charge in [0.1, 0.15) is 23.6 Å². The van der Waals surface area contributed by atoms with E-state index in [1.54, 1.807) is 4.90 Å². The Bertz CT molecular complexity index is 1300. The van der Waals surface area contributed by atoms with Crippen LogP contribution >= 0.6 is 0 Å². The molecule has 3 atom stereocenters. The Morgan fingerprint density at radius 3 is 2.47 bits per heavy atom. The Morgan fingerprint density at radius 2 is 1.89 bits per heavy atom. The average molecular weight is 524 g/mol. The van der Waals surface area contributed by atoms with Crippen LogP contribution in [0.25, 0.3) is 11.1 Å². The van der Waals surface area contributed by atoms with E-state index in [0.29, 0.717) is 32.4 Å². The van der Waals surface area contributed by atoms with Gasteiger partial charge in [0.15, 0.2) is 0 Å². The van der Waals surface area contributed by atoms with E-state index < -0.39 is 51.3 Å². The van der Waals surface area contributed by atoms with Crippen LogP contribution in [0.2, 0.25) is 0 Å². The molecule has 2 aliphatic heterocycles. The van der Waals surface area contributed by atoms with Crippen LogP contribution in [-0.2, 0) is 26.2 Å². The van der Waals surface area contributed by atoms with Gasteiger partial charge in [-0.2, -0.15) is 17.4 Å². The van der Waals surface area contributed by atoms with Crippen molar-refractivity contribution < 1.29 is 31.1 Å². The van der Waals surface area contributed by atoms with Crippen LogP contribution in [0, 0.1) is 22.9 Å². The second-order valence-electron chi connectivity index (χ2n) is 10.1. The molecular weight excluding hydrogens is 495 g/mol. The van der Waals surface area contributed by atoms with Gasteiger partial charge in [-0.1, -0.05) is 12.1 Å². The molecule has 1 spiro atoms. The first-order valence-corrected chi connectivity index (χ1v) is 13.3. The van der Waals surface area contributed by atoms with Crippen molar-refractivity contribution in [3.8, 4) is 11.1 Å². The van der Waals surface area contributed by atoms with Crippen LogP contribution in [0.15, 0.2) is 36.4 Å². The van der Waals surface area contributed by atoms with E-state index in [1.807, 2.05) is 0 Å². The number of nitrogens with zero attached hydrogens (tertiary/aromatic N) is 2. The number of hydrogen-bond acceptors (Lipinski definition) is 4. The molecule has 36 heavy (non-hydrogen) atoms. The molecule has 7 nitrogen and oxygen atoms in total. The molecule has 2 aromatic carbocycles. The third-order valence-electron chi connectivity index (χ3n) is 7.51. The van der Waals surface area contributed by atoms with Crippen molar-refractivity contribution in [1.29, 1.82) is 0 Å². The van der Waals surface area contributed by atoms with Crippen molar-refractivity contribution in [2.45, 2.75) is 43.9 Å². The van der Waals surface area contributed by atoms with Crippen LogP contribution in [0.3, 0.4) is 0 Å². The van der Waals surface area contributed by atoms with Crippen LogP contribution in [0.4, 0.5) is 13.2 Å². The van der Waals surface area contributed by atoms with Crippen molar-refractivity contribution in [3.05, 3.63) is 59.4 Å². The maximum Gasteiger partial charge on any atom is 0.279 e. The van der Waals surface area contributed by atoms with E-state index in [9.17, 15) is 22.0 Å². The summed E-state index contributed by atoms with van der Waals surface area (Å²) in [4.78, 5) is 14.8. The molecule has 5 rings (SSSR count). The van der Waals surface area contributed by atoms with E-state index in [-0.39, 0.29) is 29.0 Å². The van der Waals surface area contributed by atoms with Crippen molar-refractivity contribution in [1.82, 2.24) is 13.9 Å². The van der Waals surface area contributed by atoms with Gasteiger partial charge in [0.05, 0.1) is 18.7 Å². The number of halogens is 3. The van der Waals surface area contributed by atoms with Crippen LogP contribution < -0.4 is 4.72 Å². The Labute approximate surface area is 208 Å². The van der Waals surface area contributed by atoms with E-state index in [1.165, 1.54) is 32.3 Å². The van der Waals surface area contributed by atoms with Gasteiger partial charge in [0, 0.05) is 38.0 Å². The molecule has 1 saturated carbocycles. The number of hydrogen-bond donors (Lipinski definition) is 1. The summed E-state index contributed by atoms with van der Waals surface area (Å²) in [6, 6.07) is 5.84. The number of carbonyl (C=O) groups is 1. The average Bonchev–Trinajstić information content (AvgIpc) is 3.49. The maximum atomic E-state index is 15.7. The molecule has 3 aliphatic rings. The summed E-state index contributed by atoms with van der Waals surface area (Å²) in [6.45, 7) is 0.775. The Kier molecular flexibility index (Phi) is 6.39. The SMILES string of the molecule is CN(C)S(=O)(=O)N[C@@H]1[C@H](Cc2cc(F)cc(-c3cccc(F)c3)c2F)N(C(=O)C2CCO2)CC12CC2. The summed E-state index contributed by atoms with van der Waals surface area (Å²) in [7, 11) is -1.07. The lowest BCUT2D eigenvalue weighted by Gasteiger charge is -2.34. The molecule has 2 saturated heterocycles. The molecule has 3 fully saturated rings. The molecule has 11 heteroatoms. The van der Waals surface area contributed by atoms with Gasteiger partial charge >= 0.3 is 0 Å². The summed E-state index contributed by atoms with van der Waals surface area (Å²) in [5.41, 5.74) is -0.408. The van der Waals surface area contributed by atoms with Crippen molar-refractivity contribution in [2.24, 2.45) is 5.41 Å². The largest absolute Gasteiger partial charge is 0.368 e. The molecule has 0 radical (unpaired) electrons. The van der Waals surface area contributed by atoms with E-state index >= 15 is 4.39 Å². The van der Waals surface area contributed by atoms with Gasteiger partial charge in [-0.05, 0) is 54.7 Å². The first-order valence-electron chi connectivity index (χ1n) is 11.9. The molecule has 1 aliphatic carbocycles. The molecular formula is C25H28F3N3O4S. The monoisotopic (exact) mass is 523 g/mol. The van der Waals surface area contributed by atoms with Gasteiger partial charge in [-0.3, -0.25) is 4.79 Å². The van der Waals surface area contributed by atoms with Gasteiger partial charge in [0.2, 0.25) is 0 Å². The topological polar surface area (TPSA) is 79.0 Å². The molecule has 194 valence electrons. The fraction of sp³-hybridized carbons (Fsp3) is 0.480. The van der Waals surface area contributed by atoms with Crippen molar-refractivity contribution in [2.75, 3.05) is 27.2 Å². The van der Waals surface area contributed by atoms with Gasteiger partial charge in [-0.15, -0.1) is 0 Å². The number of nitrogens with one attached hydrogen (secondary N) is 1. The number of likely N-dealkylation sites (tertiary alicyclic amines) is 1. The predicted octanol–water partition coefficient (Wildman–Crippen LogP) is 2.86. The number of amides is 1. The quantitative estimate of drug-likeness (QED) is 0.606. The minimum atomic E-state index is -3.87. The Morgan fingerprint density at radius 1 is 1.17 bits per heavy atom. The standard InChI is InChI=1S/C25H28F3N3O4S/c1-30(2)36(33,34)29-23-20(31(14-25(23)7-8-25)24(32)21-6-9-35-21)12-16-11-18(27)13-19(22(16)28)15-4-3-5-17(26)10-15/h3-5,10-11,13,20-21,23,29H,6-9,12,14H2,1-2H3/t20-,21?,23+/m0/s1. The van der Waals surface area contributed by atoms with Crippen molar-refractivity contribution in [3.63, 3.8) is 0 Å². The number of ether oxygens (including phenoxy) is 1. The predicted molar refractivity (Wildman–Crippen MR) is 127 cm³/mol. The summed E-state index contributed by atoms with van der Waals surface area (Å²) in [6.07, 6.45) is 1.24. The van der Waals surface area contributed by atoms with Gasteiger partial charge in [0.25, 0.3) is 16.1 Å². The lowest BCUT2D eigenvalue weighted by molar-refractivity contribution is -0.157. The lowest BCUT2D eigenvalue weighted by atomic mass is 9.91. The number of carbonyl (C=O) groups excluding carboxylic acids is 1. The van der Waals surface area contributed by atoms with Crippen LogP contribution in [-0.4, -0.2) is 69.0 Å². The van der Waals surface area contributed by atoms with E-state index in [0.717, 1.165) is 22.5 Å². The third kappa shape index (κ3) is 4.53. The number of rotatable bonds is 7. The molecule has 2 heterocycles. The highest BCUT2D eigenvalue weighted by atomic mass is 32.2. The zero-order chi connectivity index (χ0) is 25.8. The van der Waals surface area contributed by atoms with Crippen LogP contribution in [0.5, 0.6) is 0 Å². The highest BCUT2D eigenvalue weighted by Crippen LogP contribution is 2.56. The molecule has 2 aromatic rings. The van der Waals surface area contributed by atoms with Gasteiger partial charge in [-0.25, -0.2) is 13.2 Å². The summed E-state index contributed by atoms with van der Waals surface area (Å²) in [5.74, 6) is -2.30. The Hall–Kier alpha value is -2.47. The zero-order valence-corrected chi connectivity index (χ0v) is 20.8. The van der Waals surface area contributed by atoms with Crippen molar-refractivity contribution >= 4 is 16.1 Å². The minimum Gasteiger partial charge on any atom is -0.368 e. The first kappa shape index (κ1) is 25.2. The molecule has 0 aromatic heterocycles.